The van der Waals surface area contributed by atoms with E-state index in [2.05, 4.69) is 16.0 Å². The van der Waals surface area contributed by atoms with E-state index in [0.717, 1.165) is 5.56 Å². The lowest BCUT2D eigenvalue weighted by atomic mass is 10.2. The van der Waals surface area contributed by atoms with Gasteiger partial charge in [0.1, 0.15) is 5.75 Å². The maximum absolute atomic E-state index is 12.0. The van der Waals surface area contributed by atoms with Crippen LogP contribution in [0.1, 0.15) is 11.1 Å². The Hall–Kier alpha value is -3.53. The van der Waals surface area contributed by atoms with Crippen molar-refractivity contribution in [3.05, 3.63) is 53.6 Å². The van der Waals surface area contributed by atoms with Gasteiger partial charge in [-0.3, -0.25) is 9.59 Å². The van der Waals surface area contributed by atoms with Gasteiger partial charge in [-0.25, -0.2) is 0 Å². The number of amides is 2. The topological polar surface area (TPSA) is 103 Å². The largest absolute Gasteiger partial charge is 0.495 e. The van der Waals surface area contributed by atoms with Crippen LogP contribution in [0.3, 0.4) is 0 Å². The van der Waals surface area contributed by atoms with Gasteiger partial charge in [0, 0.05) is 5.69 Å². The van der Waals surface area contributed by atoms with Crippen LogP contribution in [0.2, 0.25) is 0 Å². The molecule has 0 heterocycles. The molecule has 2 aromatic rings. The number of anilines is 2. The van der Waals surface area contributed by atoms with Crippen molar-refractivity contribution >= 4 is 23.2 Å². The summed E-state index contributed by atoms with van der Waals surface area (Å²) in [5, 5.41) is 17.0. The zero-order valence-corrected chi connectivity index (χ0v) is 14.6. The molecule has 0 saturated carbocycles. The molecule has 2 aromatic carbocycles. The van der Waals surface area contributed by atoms with Gasteiger partial charge in [-0.2, -0.15) is 5.26 Å². The molecule has 0 aromatic heterocycles. The van der Waals surface area contributed by atoms with Gasteiger partial charge in [0.05, 0.1) is 37.5 Å². The Balaban J connectivity index is 1.81. The second-order valence-corrected chi connectivity index (χ2v) is 5.57. The number of carbonyl (C=O) groups excluding carboxylic acids is 2. The van der Waals surface area contributed by atoms with E-state index in [9.17, 15) is 9.59 Å². The normalized spacial score (nSPS) is 9.73. The predicted octanol–water partition coefficient (Wildman–Crippen LogP) is 2.04. The summed E-state index contributed by atoms with van der Waals surface area (Å²) in [6.07, 6.45) is 0. The second kappa shape index (κ2) is 9.08. The first-order chi connectivity index (χ1) is 12.5. The molecule has 0 aliphatic carbocycles. The van der Waals surface area contributed by atoms with Gasteiger partial charge in [-0.15, -0.1) is 0 Å². The summed E-state index contributed by atoms with van der Waals surface area (Å²) in [4.78, 5) is 23.9. The predicted molar refractivity (Wildman–Crippen MR) is 99.0 cm³/mol. The second-order valence-electron chi connectivity index (χ2n) is 5.57. The van der Waals surface area contributed by atoms with Crippen LogP contribution < -0.4 is 20.7 Å². The fraction of sp³-hybridized carbons (Fsp3) is 0.211. The first kappa shape index (κ1) is 18.8. The summed E-state index contributed by atoms with van der Waals surface area (Å²) in [5.41, 5.74) is 2.70. The van der Waals surface area contributed by atoms with Crippen molar-refractivity contribution in [2.75, 3.05) is 30.8 Å². The van der Waals surface area contributed by atoms with Crippen molar-refractivity contribution in [3.8, 4) is 11.8 Å². The first-order valence-corrected chi connectivity index (χ1v) is 7.97. The lowest BCUT2D eigenvalue weighted by Gasteiger charge is -2.12. The Morgan fingerprint density at radius 2 is 1.92 bits per heavy atom. The highest BCUT2D eigenvalue weighted by molar-refractivity contribution is 5.96. The van der Waals surface area contributed by atoms with Gasteiger partial charge in [-0.1, -0.05) is 12.1 Å². The summed E-state index contributed by atoms with van der Waals surface area (Å²) in [6.45, 7) is 1.75. The third-order valence-electron chi connectivity index (χ3n) is 3.52. The number of benzene rings is 2. The maximum atomic E-state index is 12.0. The van der Waals surface area contributed by atoms with Crippen LogP contribution in [-0.4, -0.2) is 32.0 Å². The van der Waals surface area contributed by atoms with Gasteiger partial charge in [0.25, 0.3) is 0 Å². The Morgan fingerprint density at radius 1 is 1.12 bits per heavy atom. The van der Waals surface area contributed by atoms with E-state index in [4.69, 9.17) is 10.00 Å². The van der Waals surface area contributed by atoms with Crippen molar-refractivity contribution in [3.63, 3.8) is 0 Å². The van der Waals surface area contributed by atoms with Crippen LogP contribution in [0.15, 0.2) is 42.5 Å². The van der Waals surface area contributed by atoms with E-state index in [1.807, 2.05) is 19.1 Å². The number of aryl methyl sites for hydroxylation is 1. The van der Waals surface area contributed by atoms with E-state index in [0.29, 0.717) is 22.7 Å². The van der Waals surface area contributed by atoms with Crippen LogP contribution in [-0.2, 0) is 9.59 Å². The van der Waals surface area contributed by atoms with Crippen molar-refractivity contribution in [2.24, 2.45) is 0 Å². The Labute approximate surface area is 152 Å². The standard InChI is InChI=1S/C19H20N4O3/c1-13-6-7-17(26-2)16(8-13)23-19(25)12-22-18(24)11-21-15-5-3-4-14(9-15)10-20/h3-9,21H,11-12H2,1-2H3,(H,22,24)(H,23,25). The van der Waals surface area contributed by atoms with Crippen LogP contribution in [0, 0.1) is 18.3 Å². The van der Waals surface area contributed by atoms with Gasteiger partial charge in [-0.05, 0) is 42.8 Å². The number of hydrogen-bond donors (Lipinski definition) is 3. The SMILES string of the molecule is COc1ccc(C)cc1NC(=O)CNC(=O)CNc1cccc(C#N)c1. The molecule has 134 valence electrons. The van der Waals surface area contributed by atoms with Gasteiger partial charge in [0.2, 0.25) is 11.8 Å². The fourth-order valence-corrected chi connectivity index (χ4v) is 2.24. The lowest BCUT2D eigenvalue weighted by Crippen LogP contribution is -2.36. The summed E-state index contributed by atoms with van der Waals surface area (Å²) in [7, 11) is 1.52. The van der Waals surface area contributed by atoms with Crippen LogP contribution in [0.4, 0.5) is 11.4 Å². The van der Waals surface area contributed by atoms with E-state index in [1.54, 1.807) is 36.4 Å². The average Bonchev–Trinajstić information content (AvgIpc) is 2.65. The van der Waals surface area contributed by atoms with Crippen LogP contribution in [0.25, 0.3) is 0 Å². The van der Waals surface area contributed by atoms with Gasteiger partial charge < -0.3 is 20.7 Å². The molecular weight excluding hydrogens is 332 g/mol. The third-order valence-corrected chi connectivity index (χ3v) is 3.52. The van der Waals surface area contributed by atoms with E-state index in [-0.39, 0.29) is 24.9 Å². The van der Waals surface area contributed by atoms with E-state index < -0.39 is 0 Å². The highest BCUT2D eigenvalue weighted by atomic mass is 16.5. The molecule has 0 unspecified atom stereocenters. The number of ether oxygens (including phenoxy) is 1. The first-order valence-electron chi connectivity index (χ1n) is 7.97. The molecule has 0 bridgehead atoms. The molecule has 0 atom stereocenters. The molecule has 2 rings (SSSR count). The van der Waals surface area contributed by atoms with E-state index >= 15 is 0 Å². The molecule has 0 radical (unpaired) electrons. The number of methoxy groups -OCH3 is 1. The number of nitrogens with one attached hydrogen (secondary N) is 3. The number of nitriles is 1. The summed E-state index contributed by atoms with van der Waals surface area (Å²) >= 11 is 0. The molecule has 2 amide bonds. The molecule has 0 saturated heterocycles. The van der Waals surface area contributed by atoms with Crippen molar-refractivity contribution in [2.45, 2.75) is 6.92 Å². The molecule has 0 aliphatic heterocycles. The molecular formula is C19H20N4O3. The summed E-state index contributed by atoms with van der Waals surface area (Å²) in [6, 6.07) is 14.3. The zero-order chi connectivity index (χ0) is 18.9. The van der Waals surface area contributed by atoms with Gasteiger partial charge >= 0.3 is 0 Å². The molecule has 26 heavy (non-hydrogen) atoms. The lowest BCUT2D eigenvalue weighted by molar-refractivity contribution is -0.122. The van der Waals surface area contributed by atoms with Crippen molar-refractivity contribution in [1.29, 1.82) is 5.26 Å². The minimum Gasteiger partial charge on any atom is -0.495 e. The maximum Gasteiger partial charge on any atom is 0.243 e. The Kier molecular flexibility index (Phi) is 6.57. The highest BCUT2D eigenvalue weighted by Gasteiger charge is 2.09. The summed E-state index contributed by atoms with van der Waals surface area (Å²) < 4.78 is 5.20. The third kappa shape index (κ3) is 5.53. The quantitative estimate of drug-likeness (QED) is 0.707. The highest BCUT2D eigenvalue weighted by Crippen LogP contribution is 2.24. The molecule has 0 aliphatic rings. The average molecular weight is 352 g/mol. The molecule has 0 fully saturated rings. The smallest absolute Gasteiger partial charge is 0.243 e. The Morgan fingerprint density at radius 3 is 2.65 bits per heavy atom. The molecule has 7 heteroatoms. The monoisotopic (exact) mass is 352 g/mol. The Bertz CT molecular complexity index is 843. The molecule has 3 N–H and O–H groups in total. The number of rotatable bonds is 7. The van der Waals surface area contributed by atoms with Crippen molar-refractivity contribution < 1.29 is 14.3 Å². The minimum absolute atomic E-state index is 0.00404. The van der Waals surface area contributed by atoms with Crippen LogP contribution >= 0.6 is 0 Å². The van der Waals surface area contributed by atoms with E-state index in [1.165, 1.54) is 7.11 Å². The number of nitrogens with zero attached hydrogens (tertiary/aromatic N) is 1. The van der Waals surface area contributed by atoms with Crippen LogP contribution in [0.5, 0.6) is 5.75 Å². The summed E-state index contributed by atoms with van der Waals surface area (Å²) in [5.74, 6) is -0.137. The number of hydrogen-bond acceptors (Lipinski definition) is 5. The number of carbonyl (C=O) groups is 2. The molecule has 0 spiro atoms. The zero-order valence-electron chi connectivity index (χ0n) is 14.6. The fourth-order valence-electron chi connectivity index (χ4n) is 2.24. The van der Waals surface area contributed by atoms with Crippen molar-refractivity contribution in [1.82, 2.24) is 5.32 Å². The minimum atomic E-state index is -0.353. The van der Waals surface area contributed by atoms with Gasteiger partial charge in [0.15, 0.2) is 0 Å². The molecule has 7 nitrogen and oxygen atoms in total.